The number of rotatable bonds is 9. The maximum absolute atomic E-state index is 14.3. The van der Waals surface area contributed by atoms with Gasteiger partial charge in [-0.25, -0.2) is 0 Å². The molecule has 4 heterocycles. The van der Waals surface area contributed by atoms with Crippen LogP contribution in [0, 0.1) is 17.8 Å². The average Bonchev–Trinajstić information content (AvgIpc) is 3.36. The highest BCUT2D eigenvalue weighted by Crippen LogP contribution is 2.48. The van der Waals surface area contributed by atoms with Crippen molar-refractivity contribution >= 4 is 5.97 Å². The molecule has 3 fully saturated rings. The normalized spacial score (nSPS) is 46.5. The minimum Gasteiger partial charge on any atom is -0.488 e. The summed E-state index contributed by atoms with van der Waals surface area (Å²) in [6.45, 7) is 18.0. The lowest BCUT2D eigenvalue weighted by Crippen LogP contribution is -2.60. The monoisotopic (exact) mass is 715 g/mol. The van der Waals surface area contributed by atoms with Gasteiger partial charge in [0, 0.05) is 31.9 Å². The second-order valence-corrected chi connectivity index (χ2v) is 16.3. The van der Waals surface area contributed by atoms with E-state index in [1.54, 1.807) is 27.7 Å². The topological polar surface area (TPSA) is 166 Å². The summed E-state index contributed by atoms with van der Waals surface area (Å²) in [5.41, 5.74) is -2.95. The second-order valence-electron chi connectivity index (χ2n) is 16.3. The number of ether oxygens (including phenoxy) is 7. The van der Waals surface area contributed by atoms with E-state index in [1.807, 2.05) is 53.6 Å². The van der Waals surface area contributed by atoms with Gasteiger partial charge in [0.15, 0.2) is 12.6 Å². The maximum atomic E-state index is 14.3. The zero-order chi connectivity index (χ0) is 37.7. The van der Waals surface area contributed by atoms with Crippen molar-refractivity contribution in [3.05, 3.63) is 11.3 Å². The Morgan fingerprint density at radius 3 is 2.28 bits per heavy atom. The Kier molecular flexibility index (Phi) is 12.8. The molecule has 0 aliphatic carbocycles. The van der Waals surface area contributed by atoms with Crippen LogP contribution in [0.4, 0.5) is 0 Å². The molecule has 2 bridgehead atoms. The summed E-state index contributed by atoms with van der Waals surface area (Å²) in [6, 6.07) is -0.223. The molecule has 0 aromatic carbocycles. The fourth-order valence-corrected chi connectivity index (χ4v) is 8.73. The third-order valence-corrected chi connectivity index (χ3v) is 11.9. The van der Waals surface area contributed by atoms with Gasteiger partial charge in [-0.3, -0.25) is 4.79 Å². The summed E-state index contributed by atoms with van der Waals surface area (Å²) in [7, 11) is 5.35. The number of methoxy groups -OCH3 is 1. The number of aliphatic hydroxyl groups is 4. The van der Waals surface area contributed by atoms with Gasteiger partial charge in [0.05, 0.1) is 41.9 Å². The third kappa shape index (κ3) is 7.93. The van der Waals surface area contributed by atoms with E-state index in [0.717, 1.165) is 5.57 Å². The van der Waals surface area contributed by atoms with Gasteiger partial charge in [-0.1, -0.05) is 20.8 Å². The first-order valence-corrected chi connectivity index (χ1v) is 18.3. The Hall–Kier alpha value is -1.39. The van der Waals surface area contributed by atoms with Crippen LogP contribution in [0.15, 0.2) is 11.3 Å². The summed E-state index contributed by atoms with van der Waals surface area (Å²) in [5.74, 6) is -2.26. The standard InChI is InChI=1S/C37H65NO12/c1-14-25(39)37(10,43)32-20(4)28-18(2)16-36(9,50-28)31(49-34-27(40)24(38(11)12)15-19(3)45-34)21(5)29(22(6)33(42)48-32)47-26-17-35(8,44-13)30(41)23(7)46-26/h19-27,29-32,34,39-41,43H,14-17H2,1-13H3/t19-,20+,21+,22-,23+,24+,25-,26?,27-,29+,30+,31-,32-,34?,35-,36-,37-/m1/s1. The molecule has 13 nitrogen and oxygen atoms in total. The molecular weight excluding hydrogens is 650 g/mol. The molecule has 4 rings (SSSR count). The number of cyclic esters (lactones) is 1. The minimum absolute atomic E-state index is 0.174. The molecule has 0 aromatic heterocycles. The molecule has 0 radical (unpaired) electrons. The highest BCUT2D eigenvalue weighted by atomic mass is 16.7. The molecular formula is C37H65NO12. The van der Waals surface area contributed by atoms with E-state index in [-0.39, 0.29) is 25.0 Å². The smallest absolute Gasteiger partial charge is 0.311 e. The number of esters is 1. The van der Waals surface area contributed by atoms with E-state index in [9.17, 15) is 25.2 Å². The SMILES string of the molecule is CC[C@@H](O)[C@@](C)(O)[C@@H]1OC(=O)[C@H](C)[C@@H](OC2C[C@@](C)(OC)[C@@H](O)[C@H](C)O2)[C@H](C)[C@@H](OC2O[C@H](C)C[C@H](N(C)C)[C@H]2O)[C@@]2(C)CC(C)=C(O2)[C@@H]1C. The van der Waals surface area contributed by atoms with Crippen molar-refractivity contribution in [3.8, 4) is 0 Å². The zero-order valence-electron chi connectivity index (χ0n) is 32.4. The summed E-state index contributed by atoms with van der Waals surface area (Å²) in [5, 5.41) is 45.2. The van der Waals surface area contributed by atoms with Crippen LogP contribution in [-0.4, -0.2) is 137 Å². The summed E-state index contributed by atoms with van der Waals surface area (Å²) < 4.78 is 44.8. The number of hydrogen-bond acceptors (Lipinski definition) is 13. The lowest BCUT2D eigenvalue weighted by Gasteiger charge is -2.48. The van der Waals surface area contributed by atoms with Crippen molar-refractivity contribution in [1.82, 2.24) is 4.90 Å². The Balaban J connectivity index is 1.83. The number of nitrogens with zero attached hydrogens (tertiary/aromatic N) is 1. The Bertz CT molecular complexity index is 1210. The molecule has 2 unspecified atom stereocenters. The van der Waals surface area contributed by atoms with Crippen molar-refractivity contribution in [2.24, 2.45) is 17.8 Å². The molecule has 0 aromatic rings. The van der Waals surface area contributed by atoms with E-state index in [0.29, 0.717) is 18.6 Å². The predicted octanol–water partition coefficient (Wildman–Crippen LogP) is 2.89. The molecule has 0 amide bonds. The number of likely N-dealkylation sites (N-methyl/N-ethyl adjacent to an activating group) is 1. The van der Waals surface area contributed by atoms with Crippen molar-refractivity contribution in [1.29, 1.82) is 0 Å². The van der Waals surface area contributed by atoms with Gasteiger partial charge in [-0.15, -0.1) is 0 Å². The quantitative estimate of drug-likeness (QED) is 0.258. The molecule has 13 heteroatoms. The average molecular weight is 716 g/mol. The van der Waals surface area contributed by atoms with Crippen molar-refractivity contribution in [3.63, 3.8) is 0 Å². The van der Waals surface area contributed by atoms with Crippen LogP contribution >= 0.6 is 0 Å². The number of hydrogen-bond donors (Lipinski definition) is 4. The fourth-order valence-electron chi connectivity index (χ4n) is 8.73. The summed E-state index contributed by atoms with van der Waals surface area (Å²) in [6.07, 6.45) is -7.24. The molecule has 0 spiro atoms. The van der Waals surface area contributed by atoms with Crippen LogP contribution in [-0.2, 0) is 38.0 Å². The number of fused-ring (bicyclic) bond motifs is 2. The van der Waals surface area contributed by atoms with Crippen LogP contribution in [0.2, 0.25) is 0 Å². The van der Waals surface area contributed by atoms with Gasteiger partial charge < -0.3 is 58.5 Å². The Morgan fingerprint density at radius 1 is 1.06 bits per heavy atom. The summed E-state index contributed by atoms with van der Waals surface area (Å²) in [4.78, 5) is 16.2. The second kappa shape index (κ2) is 15.5. The van der Waals surface area contributed by atoms with Crippen LogP contribution in [0.3, 0.4) is 0 Å². The molecule has 0 saturated carbocycles. The first-order valence-electron chi connectivity index (χ1n) is 18.3. The number of aliphatic hydroxyl groups excluding tert-OH is 3. The lowest BCUT2D eigenvalue weighted by atomic mass is 9.78. The van der Waals surface area contributed by atoms with Gasteiger partial charge in [0.25, 0.3) is 0 Å². The molecule has 17 atom stereocenters. The highest BCUT2D eigenvalue weighted by molar-refractivity contribution is 5.73. The molecule has 4 N–H and O–H groups in total. The molecule has 4 aliphatic rings. The zero-order valence-corrected chi connectivity index (χ0v) is 32.4. The van der Waals surface area contributed by atoms with Crippen molar-refractivity contribution in [2.45, 2.75) is 179 Å². The van der Waals surface area contributed by atoms with Gasteiger partial charge >= 0.3 is 5.97 Å². The van der Waals surface area contributed by atoms with Crippen LogP contribution in [0.1, 0.15) is 94.9 Å². The van der Waals surface area contributed by atoms with E-state index in [2.05, 4.69) is 0 Å². The largest absolute Gasteiger partial charge is 0.488 e. The van der Waals surface area contributed by atoms with E-state index in [4.69, 9.17) is 33.2 Å². The summed E-state index contributed by atoms with van der Waals surface area (Å²) >= 11 is 0. The van der Waals surface area contributed by atoms with Gasteiger partial charge in [-0.2, -0.15) is 0 Å². The maximum Gasteiger partial charge on any atom is 0.311 e. The van der Waals surface area contributed by atoms with E-state index in [1.165, 1.54) is 14.0 Å². The number of carbonyl (C=O) groups excluding carboxylic acids is 1. The Morgan fingerprint density at radius 2 is 1.70 bits per heavy atom. The third-order valence-electron chi connectivity index (χ3n) is 11.9. The van der Waals surface area contributed by atoms with E-state index < -0.39 is 95.8 Å². The molecule has 50 heavy (non-hydrogen) atoms. The first-order chi connectivity index (χ1) is 23.1. The molecule has 290 valence electrons. The van der Waals surface area contributed by atoms with Crippen molar-refractivity contribution in [2.75, 3.05) is 21.2 Å². The van der Waals surface area contributed by atoms with Crippen LogP contribution < -0.4 is 0 Å². The van der Waals surface area contributed by atoms with Gasteiger partial charge in [0.2, 0.25) is 0 Å². The lowest BCUT2D eigenvalue weighted by molar-refractivity contribution is -0.316. The van der Waals surface area contributed by atoms with Crippen molar-refractivity contribution < 1.29 is 58.4 Å². The van der Waals surface area contributed by atoms with Gasteiger partial charge in [-0.05, 0) is 81.0 Å². The fraction of sp³-hybridized carbons (Fsp3) is 0.919. The molecule has 4 aliphatic heterocycles. The highest BCUT2D eigenvalue weighted by Gasteiger charge is 2.57. The number of carbonyl (C=O) groups is 1. The van der Waals surface area contributed by atoms with Crippen LogP contribution in [0.25, 0.3) is 0 Å². The first kappa shape index (κ1) is 41.4. The molecule has 3 saturated heterocycles. The minimum atomic E-state index is -1.82. The predicted molar refractivity (Wildman–Crippen MR) is 184 cm³/mol. The Labute approximate surface area is 298 Å². The van der Waals surface area contributed by atoms with E-state index >= 15 is 0 Å². The van der Waals surface area contributed by atoms with Gasteiger partial charge in [0.1, 0.15) is 41.4 Å². The van der Waals surface area contributed by atoms with Crippen LogP contribution in [0.5, 0.6) is 0 Å².